The van der Waals surface area contributed by atoms with Gasteiger partial charge in [0.05, 0.1) is 41.1 Å². The van der Waals surface area contributed by atoms with Crippen molar-refractivity contribution >= 4 is 15.7 Å². The van der Waals surface area contributed by atoms with E-state index in [4.69, 9.17) is 15.5 Å². The molecule has 0 amide bonds. The van der Waals surface area contributed by atoms with E-state index in [0.717, 1.165) is 10.4 Å². The van der Waals surface area contributed by atoms with Crippen molar-refractivity contribution in [1.29, 1.82) is 5.26 Å². The lowest BCUT2D eigenvalue weighted by Gasteiger charge is -2.22. The molecule has 3 saturated heterocycles. The van der Waals surface area contributed by atoms with Crippen LogP contribution in [0.3, 0.4) is 0 Å². The molecule has 0 spiro atoms. The number of hydrogen-bond acceptors (Lipinski definition) is 5. The Hall–Kier alpha value is -2.48. The third-order valence-corrected chi connectivity index (χ3v) is 7.66. The molecule has 8 nitrogen and oxygen atoms in total. The van der Waals surface area contributed by atoms with Gasteiger partial charge in [0.15, 0.2) is 0 Å². The third kappa shape index (κ3) is 2.54. The first-order valence-corrected chi connectivity index (χ1v) is 9.51. The molecule has 0 saturated carbocycles. The van der Waals surface area contributed by atoms with E-state index in [-0.39, 0.29) is 18.7 Å². The molecule has 3 fully saturated rings. The summed E-state index contributed by atoms with van der Waals surface area (Å²) >= 11 is 0. The van der Waals surface area contributed by atoms with Gasteiger partial charge in [-0.2, -0.15) is 18.4 Å². The van der Waals surface area contributed by atoms with E-state index < -0.39 is 56.7 Å². The lowest BCUT2D eigenvalue weighted by molar-refractivity contribution is -0.137. The minimum atomic E-state index is -4.78. The van der Waals surface area contributed by atoms with Crippen LogP contribution in [0, 0.1) is 17.2 Å². The number of benzene rings is 1. The van der Waals surface area contributed by atoms with Gasteiger partial charge in [-0.1, -0.05) is 5.11 Å². The predicted molar refractivity (Wildman–Crippen MR) is 85.9 cm³/mol. The van der Waals surface area contributed by atoms with E-state index in [1.54, 1.807) is 0 Å². The summed E-state index contributed by atoms with van der Waals surface area (Å²) in [5.41, 5.74) is 6.73. The van der Waals surface area contributed by atoms with E-state index in [0.29, 0.717) is 6.07 Å². The summed E-state index contributed by atoms with van der Waals surface area (Å²) in [4.78, 5) is 2.75. The van der Waals surface area contributed by atoms with Gasteiger partial charge < -0.3 is 4.74 Å². The number of rotatable bonds is 2. The van der Waals surface area contributed by atoms with Crippen LogP contribution in [-0.2, 0) is 20.9 Å². The van der Waals surface area contributed by atoms with Gasteiger partial charge in [0.25, 0.3) is 0 Å². The number of nitrogens with zero attached hydrogens (tertiary/aromatic N) is 5. The molecule has 2 bridgehead atoms. The second-order valence-electron chi connectivity index (χ2n) is 6.69. The highest BCUT2D eigenvalue weighted by atomic mass is 32.2. The monoisotopic (exact) mass is 399 g/mol. The molecule has 0 unspecified atom stereocenters. The van der Waals surface area contributed by atoms with Crippen LogP contribution in [0.5, 0.6) is 0 Å². The van der Waals surface area contributed by atoms with E-state index in [9.17, 15) is 21.6 Å². The highest BCUT2D eigenvalue weighted by Gasteiger charge is 2.64. The Kier molecular flexibility index (Phi) is 3.82. The van der Waals surface area contributed by atoms with Crippen molar-refractivity contribution in [2.24, 2.45) is 11.0 Å². The van der Waals surface area contributed by atoms with E-state index >= 15 is 0 Å². The number of anilines is 1. The number of hydrogen-bond donors (Lipinski definition) is 0. The van der Waals surface area contributed by atoms with Crippen LogP contribution in [0.4, 0.5) is 18.9 Å². The van der Waals surface area contributed by atoms with Crippen LogP contribution in [0.25, 0.3) is 10.4 Å². The van der Waals surface area contributed by atoms with Gasteiger partial charge in [-0.3, -0.25) is 4.31 Å². The fourth-order valence-corrected chi connectivity index (χ4v) is 6.62. The molecule has 1 aromatic rings. The van der Waals surface area contributed by atoms with E-state index in [1.165, 1.54) is 12.1 Å². The molecule has 1 aromatic carbocycles. The topological polar surface area (TPSA) is 119 Å². The Balaban J connectivity index is 1.73. The van der Waals surface area contributed by atoms with Crippen LogP contribution >= 0.6 is 0 Å². The molecular formula is C15H12F3N5O3S. The molecule has 27 heavy (non-hydrogen) atoms. The molecule has 12 heteroatoms. The molecule has 3 heterocycles. The lowest BCUT2D eigenvalue weighted by atomic mass is 9.85. The number of fused-ring (bicyclic) bond motifs is 5. The Morgan fingerprint density at radius 3 is 2.78 bits per heavy atom. The first-order chi connectivity index (χ1) is 12.7. The first kappa shape index (κ1) is 17.9. The normalized spacial score (nSPS) is 33.4. The van der Waals surface area contributed by atoms with Crippen LogP contribution in [0.15, 0.2) is 23.3 Å². The molecular weight excluding hydrogens is 387 g/mol. The quantitative estimate of drug-likeness (QED) is 0.431. The largest absolute Gasteiger partial charge is 0.417 e. The molecule has 142 valence electrons. The molecule has 5 atom stereocenters. The fourth-order valence-electron chi connectivity index (χ4n) is 4.29. The maximum atomic E-state index is 13.2. The standard InChI is InChI=1S/C15H12F3N5O3S/c16-15(17,18)10-3-8(2-1-7(10)5-19)23-6-9-13-11(21-22-20)4-12(26-13)14(9)27(23,24)25/h1-3,9,11-14H,4,6H2/t9-,11+,12-,13-,14-/m1/s1. The molecule has 3 aliphatic rings. The smallest absolute Gasteiger partial charge is 0.373 e. The SMILES string of the molecule is N#Cc1ccc(N2C[C@@H]3[C@H]4O[C@H](C[C@@H]4N=[N+]=[N-])[C@@H]3S2(=O)=O)cc1C(F)(F)F. The average molecular weight is 399 g/mol. The van der Waals surface area contributed by atoms with Crippen LogP contribution in [0.2, 0.25) is 0 Å². The second-order valence-corrected chi connectivity index (χ2v) is 8.71. The summed E-state index contributed by atoms with van der Waals surface area (Å²) in [5.74, 6) is -0.491. The molecule has 3 aliphatic heterocycles. The van der Waals surface area contributed by atoms with Crippen molar-refractivity contribution in [1.82, 2.24) is 0 Å². The summed E-state index contributed by atoms with van der Waals surface area (Å²) in [6, 6.07) is 3.83. The molecule has 0 aliphatic carbocycles. The van der Waals surface area contributed by atoms with Gasteiger partial charge in [-0.05, 0) is 30.2 Å². The number of alkyl halides is 3. The van der Waals surface area contributed by atoms with Gasteiger partial charge in [-0.15, -0.1) is 0 Å². The van der Waals surface area contributed by atoms with Crippen molar-refractivity contribution in [2.75, 3.05) is 10.8 Å². The van der Waals surface area contributed by atoms with Crippen molar-refractivity contribution in [2.45, 2.75) is 36.1 Å². The van der Waals surface area contributed by atoms with Gasteiger partial charge in [0.1, 0.15) is 5.25 Å². The number of nitriles is 1. The zero-order chi connectivity index (χ0) is 19.6. The zero-order valence-corrected chi connectivity index (χ0v) is 14.4. The van der Waals surface area contributed by atoms with Gasteiger partial charge >= 0.3 is 6.18 Å². The minimum absolute atomic E-state index is 0.0607. The minimum Gasteiger partial charge on any atom is -0.373 e. The molecule has 0 aromatic heterocycles. The number of halogens is 3. The third-order valence-electron chi connectivity index (χ3n) is 5.34. The molecule has 0 N–H and O–H groups in total. The highest BCUT2D eigenvalue weighted by molar-refractivity contribution is 7.93. The van der Waals surface area contributed by atoms with E-state index in [1.807, 2.05) is 0 Å². The maximum absolute atomic E-state index is 13.2. The van der Waals surface area contributed by atoms with Crippen molar-refractivity contribution in [3.8, 4) is 6.07 Å². The number of sulfonamides is 1. The first-order valence-electron chi connectivity index (χ1n) is 8.01. The van der Waals surface area contributed by atoms with Gasteiger partial charge in [0, 0.05) is 17.4 Å². The van der Waals surface area contributed by atoms with Gasteiger partial charge in [-0.25, -0.2) is 8.42 Å². The summed E-state index contributed by atoms with van der Waals surface area (Å²) in [6.07, 6.45) is -5.73. The fraction of sp³-hybridized carbons (Fsp3) is 0.533. The number of ether oxygens (including phenoxy) is 1. The Morgan fingerprint density at radius 1 is 1.41 bits per heavy atom. The lowest BCUT2D eigenvalue weighted by Crippen LogP contribution is -2.39. The Morgan fingerprint density at radius 2 is 2.15 bits per heavy atom. The number of azide groups is 1. The van der Waals surface area contributed by atoms with Crippen molar-refractivity contribution in [3.63, 3.8) is 0 Å². The Bertz CT molecular complexity index is 999. The summed E-state index contributed by atoms with van der Waals surface area (Å²) in [7, 11) is -3.95. The predicted octanol–water partition coefficient (Wildman–Crippen LogP) is 2.56. The van der Waals surface area contributed by atoms with Crippen LogP contribution < -0.4 is 4.31 Å². The highest BCUT2D eigenvalue weighted by Crippen LogP contribution is 2.50. The zero-order valence-electron chi connectivity index (χ0n) is 13.5. The van der Waals surface area contributed by atoms with Crippen LogP contribution in [0.1, 0.15) is 17.5 Å². The summed E-state index contributed by atoms with van der Waals surface area (Å²) in [6.45, 7) is -0.0607. The molecule has 4 rings (SSSR count). The average Bonchev–Trinajstić information content (AvgIpc) is 3.24. The van der Waals surface area contributed by atoms with Crippen LogP contribution in [-0.4, -0.2) is 38.5 Å². The molecule has 0 radical (unpaired) electrons. The van der Waals surface area contributed by atoms with Gasteiger partial charge in [0.2, 0.25) is 10.0 Å². The Labute approximate surface area is 151 Å². The summed E-state index contributed by atoms with van der Waals surface area (Å²) < 4.78 is 72.1. The summed E-state index contributed by atoms with van der Waals surface area (Å²) in [5, 5.41) is 11.7. The van der Waals surface area contributed by atoms with E-state index in [2.05, 4.69) is 10.0 Å². The van der Waals surface area contributed by atoms with Crippen molar-refractivity contribution < 1.29 is 26.3 Å². The second kappa shape index (κ2) is 5.76. The maximum Gasteiger partial charge on any atom is 0.417 e. The van der Waals surface area contributed by atoms with Crippen molar-refractivity contribution in [3.05, 3.63) is 39.8 Å².